The monoisotopic (exact) mass is 278 g/mol. The van der Waals surface area contributed by atoms with Crippen molar-refractivity contribution < 1.29 is 4.39 Å². The van der Waals surface area contributed by atoms with Crippen molar-refractivity contribution in [2.24, 2.45) is 5.84 Å². The fourth-order valence-electron chi connectivity index (χ4n) is 2.10. The summed E-state index contributed by atoms with van der Waals surface area (Å²) in [6.07, 6.45) is 0.659. The lowest BCUT2D eigenvalue weighted by Gasteiger charge is -2.19. The quantitative estimate of drug-likeness (QED) is 0.663. The van der Waals surface area contributed by atoms with Crippen LogP contribution in [0.5, 0.6) is 0 Å². The summed E-state index contributed by atoms with van der Waals surface area (Å²) >= 11 is 6.11. The van der Waals surface area contributed by atoms with E-state index in [1.165, 1.54) is 17.7 Å². The summed E-state index contributed by atoms with van der Waals surface area (Å²) in [4.78, 5) is 0. The Morgan fingerprint density at radius 1 is 1.26 bits per heavy atom. The number of aryl methyl sites for hydroxylation is 1. The average molecular weight is 279 g/mol. The molecule has 0 aliphatic rings. The van der Waals surface area contributed by atoms with E-state index in [0.29, 0.717) is 17.0 Å². The molecule has 100 valence electrons. The Balaban J connectivity index is 2.30. The normalized spacial score (nSPS) is 12.4. The fraction of sp³-hybridized carbons (Fsp3) is 0.200. The molecule has 19 heavy (non-hydrogen) atoms. The van der Waals surface area contributed by atoms with E-state index in [0.717, 1.165) is 5.56 Å². The lowest BCUT2D eigenvalue weighted by Crippen LogP contribution is -2.30. The molecule has 2 nitrogen and oxygen atoms in total. The Morgan fingerprint density at radius 2 is 2.00 bits per heavy atom. The molecule has 3 N–H and O–H groups in total. The maximum atomic E-state index is 13.3. The third-order valence-corrected chi connectivity index (χ3v) is 3.56. The Kier molecular flexibility index (Phi) is 4.53. The molecule has 2 aromatic carbocycles. The highest BCUT2D eigenvalue weighted by Crippen LogP contribution is 2.27. The topological polar surface area (TPSA) is 38.0 Å². The molecule has 0 saturated heterocycles. The molecule has 2 aromatic rings. The highest BCUT2D eigenvalue weighted by molar-refractivity contribution is 6.31. The molecule has 0 radical (unpaired) electrons. The Bertz CT molecular complexity index is 572. The molecule has 0 saturated carbocycles. The van der Waals surface area contributed by atoms with Gasteiger partial charge in [-0.3, -0.25) is 11.3 Å². The summed E-state index contributed by atoms with van der Waals surface area (Å²) in [7, 11) is 0. The predicted octanol–water partition coefficient (Wildman–Crippen LogP) is 3.53. The highest BCUT2D eigenvalue weighted by Gasteiger charge is 2.15. The van der Waals surface area contributed by atoms with Crippen LogP contribution in [0.25, 0.3) is 0 Å². The molecular formula is C15H16ClFN2. The molecule has 0 fully saturated rings. The van der Waals surface area contributed by atoms with Gasteiger partial charge in [0.15, 0.2) is 0 Å². The van der Waals surface area contributed by atoms with E-state index in [1.54, 1.807) is 6.07 Å². The number of nitrogens with one attached hydrogen (secondary N) is 1. The van der Waals surface area contributed by atoms with Crippen LogP contribution in [-0.2, 0) is 6.42 Å². The molecule has 1 unspecified atom stereocenters. The van der Waals surface area contributed by atoms with Gasteiger partial charge in [-0.25, -0.2) is 4.39 Å². The third kappa shape index (κ3) is 3.32. The second-order valence-corrected chi connectivity index (χ2v) is 4.92. The molecule has 1 atom stereocenters. The predicted molar refractivity (Wildman–Crippen MR) is 76.4 cm³/mol. The number of halogens is 2. The lowest BCUT2D eigenvalue weighted by molar-refractivity contribution is 0.543. The van der Waals surface area contributed by atoms with E-state index in [4.69, 9.17) is 17.4 Å². The van der Waals surface area contributed by atoms with E-state index >= 15 is 0 Å². The average Bonchev–Trinajstić information content (AvgIpc) is 2.41. The fourth-order valence-corrected chi connectivity index (χ4v) is 2.35. The summed E-state index contributed by atoms with van der Waals surface area (Å²) in [5.41, 5.74) is 5.72. The molecule has 0 bridgehead atoms. The van der Waals surface area contributed by atoms with Crippen LogP contribution in [0.1, 0.15) is 22.7 Å². The molecule has 4 heteroatoms. The van der Waals surface area contributed by atoms with Gasteiger partial charge in [0.25, 0.3) is 0 Å². The van der Waals surface area contributed by atoms with Crippen LogP contribution < -0.4 is 11.3 Å². The van der Waals surface area contributed by atoms with Gasteiger partial charge in [-0.15, -0.1) is 0 Å². The van der Waals surface area contributed by atoms with E-state index in [1.807, 2.05) is 31.2 Å². The zero-order valence-corrected chi connectivity index (χ0v) is 11.4. The van der Waals surface area contributed by atoms with Crippen molar-refractivity contribution in [2.45, 2.75) is 19.4 Å². The van der Waals surface area contributed by atoms with Crippen molar-refractivity contribution in [1.29, 1.82) is 0 Å². The Labute approximate surface area is 117 Å². The van der Waals surface area contributed by atoms with E-state index < -0.39 is 0 Å². The minimum atomic E-state index is -0.315. The van der Waals surface area contributed by atoms with Crippen molar-refractivity contribution in [3.8, 4) is 0 Å². The number of hydrogen-bond acceptors (Lipinski definition) is 2. The van der Waals surface area contributed by atoms with E-state index in [9.17, 15) is 4.39 Å². The van der Waals surface area contributed by atoms with Crippen molar-refractivity contribution in [1.82, 2.24) is 5.43 Å². The molecule has 0 aliphatic heterocycles. The van der Waals surface area contributed by atoms with Gasteiger partial charge in [-0.1, -0.05) is 35.9 Å². The Hall–Kier alpha value is -1.42. The van der Waals surface area contributed by atoms with Crippen molar-refractivity contribution >= 4 is 11.6 Å². The molecule has 2 rings (SSSR count). The first-order chi connectivity index (χ1) is 9.11. The van der Waals surface area contributed by atoms with Gasteiger partial charge in [0, 0.05) is 5.02 Å². The van der Waals surface area contributed by atoms with Crippen molar-refractivity contribution in [3.63, 3.8) is 0 Å². The number of nitrogens with two attached hydrogens (primary N) is 1. The summed E-state index contributed by atoms with van der Waals surface area (Å²) in [5, 5.41) is 0.512. The first-order valence-electron chi connectivity index (χ1n) is 6.07. The highest BCUT2D eigenvalue weighted by atomic mass is 35.5. The molecule has 0 spiro atoms. The summed E-state index contributed by atoms with van der Waals surface area (Å²) in [6, 6.07) is 12.1. The lowest BCUT2D eigenvalue weighted by atomic mass is 9.96. The maximum Gasteiger partial charge on any atom is 0.123 e. The number of hydrogen-bond donors (Lipinski definition) is 2. The molecule has 0 heterocycles. The number of hydrazine groups is 1. The van der Waals surface area contributed by atoms with Crippen LogP contribution in [0.4, 0.5) is 4.39 Å². The first-order valence-corrected chi connectivity index (χ1v) is 6.45. The van der Waals surface area contributed by atoms with Crippen LogP contribution in [0.3, 0.4) is 0 Å². The van der Waals surface area contributed by atoms with Crippen LogP contribution in [0.2, 0.25) is 5.02 Å². The standard InChI is InChI=1S/C15H16ClFN2/c1-10-4-2-3-5-11(10)8-15(19-18)13-9-12(17)6-7-14(13)16/h2-7,9,15,19H,8,18H2,1H3. The van der Waals surface area contributed by atoms with Gasteiger partial charge >= 0.3 is 0 Å². The van der Waals surface area contributed by atoms with Crippen molar-refractivity contribution in [2.75, 3.05) is 0 Å². The van der Waals surface area contributed by atoms with Crippen LogP contribution in [0, 0.1) is 12.7 Å². The number of benzene rings is 2. The maximum absolute atomic E-state index is 13.3. The SMILES string of the molecule is Cc1ccccc1CC(NN)c1cc(F)ccc1Cl. The Morgan fingerprint density at radius 3 is 2.68 bits per heavy atom. The third-order valence-electron chi connectivity index (χ3n) is 3.22. The molecular weight excluding hydrogens is 263 g/mol. The zero-order valence-electron chi connectivity index (χ0n) is 10.7. The van der Waals surface area contributed by atoms with Gasteiger partial charge in [-0.05, 0) is 48.2 Å². The number of rotatable bonds is 4. The molecule has 0 aliphatic carbocycles. The van der Waals surface area contributed by atoms with E-state index in [2.05, 4.69) is 5.43 Å². The first kappa shape index (κ1) is 14.0. The summed E-state index contributed by atoms with van der Waals surface area (Å²) in [6.45, 7) is 2.04. The largest absolute Gasteiger partial charge is 0.271 e. The van der Waals surface area contributed by atoms with Gasteiger partial charge in [0.2, 0.25) is 0 Å². The van der Waals surface area contributed by atoms with Gasteiger partial charge in [0.05, 0.1) is 6.04 Å². The minimum absolute atomic E-state index is 0.218. The van der Waals surface area contributed by atoms with Crippen LogP contribution in [0.15, 0.2) is 42.5 Å². The van der Waals surface area contributed by atoms with Gasteiger partial charge in [0.1, 0.15) is 5.82 Å². The summed E-state index contributed by atoms with van der Waals surface area (Å²) < 4.78 is 13.3. The molecule has 0 aromatic heterocycles. The van der Waals surface area contributed by atoms with Crippen molar-refractivity contribution in [3.05, 3.63) is 70.0 Å². The summed E-state index contributed by atoms with van der Waals surface area (Å²) in [5.74, 6) is 5.28. The second-order valence-electron chi connectivity index (χ2n) is 4.52. The minimum Gasteiger partial charge on any atom is -0.271 e. The second kappa shape index (κ2) is 6.15. The zero-order chi connectivity index (χ0) is 13.8. The van der Waals surface area contributed by atoms with Crippen LogP contribution >= 0.6 is 11.6 Å². The van der Waals surface area contributed by atoms with Gasteiger partial charge < -0.3 is 0 Å². The van der Waals surface area contributed by atoms with Gasteiger partial charge in [-0.2, -0.15) is 0 Å². The van der Waals surface area contributed by atoms with E-state index in [-0.39, 0.29) is 11.9 Å². The smallest absolute Gasteiger partial charge is 0.123 e. The molecule has 0 amide bonds. The van der Waals surface area contributed by atoms with Crippen LogP contribution in [-0.4, -0.2) is 0 Å².